The Kier molecular flexibility index (Phi) is 6.56. The van der Waals surface area contributed by atoms with Gasteiger partial charge in [-0.25, -0.2) is 9.37 Å². The molecule has 2 aliphatic rings. The standard InChI is InChI=1S/C25H33FN6O2/c1-17(2)34-23-13-18(6-7-22(23)31-10-8-30(3)9-11-31)28-25-27-14-20-21(26)16-32(24(20)29-25)15-19-5-4-12-33-19/h6-7,13-14,16-17,19H,4-5,8-12,15H2,1-3H3,(H,27,28,29). The van der Waals surface area contributed by atoms with Crippen molar-refractivity contribution in [3.8, 4) is 5.75 Å². The molecule has 182 valence electrons. The van der Waals surface area contributed by atoms with Crippen LogP contribution < -0.4 is 15.0 Å². The fourth-order valence-electron chi connectivity index (χ4n) is 4.61. The molecule has 0 amide bonds. The molecule has 2 aliphatic heterocycles. The molecule has 0 radical (unpaired) electrons. The lowest BCUT2D eigenvalue weighted by atomic mass is 10.2. The van der Waals surface area contributed by atoms with Gasteiger partial charge in [0.2, 0.25) is 5.95 Å². The molecular formula is C25H33FN6O2. The molecule has 3 aromatic rings. The Morgan fingerprint density at radius 2 is 2.06 bits per heavy atom. The molecule has 0 bridgehead atoms. The highest BCUT2D eigenvalue weighted by molar-refractivity contribution is 5.78. The minimum absolute atomic E-state index is 0.0538. The normalized spacial score (nSPS) is 19.3. The molecule has 4 heterocycles. The molecule has 1 N–H and O–H groups in total. The highest BCUT2D eigenvalue weighted by Crippen LogP contribution is 2.34. The van der Waals surface area contributed by atoms with E-state index in [1.54, 1.807) is 0 Å². The lowest BCUT2D eigenvalue weighted by Gasteiger charge is -2.35. The molecule has 0 aliphatic carbocycles. The number of anilines is 3. The first kappa shape index (κ1) is 22.9. The van der Waals surface area contributed by atoms with Gasteiger partial charge in [0.1, 0.15) is 11.4 Å². The van der Waals surface area contributed by atoms with Gasteiger partial charge in [-0.15, -0.1) is 0 Å². The summed E-state index contributed by atoms with van der Waals surface area (Å²) < 4.78 is 28.2. The van der Waals surface area contributed by atoms with Crippen LogP contribution in [0.4, 0.5) is 21.7 Å². The molecule has 2 saturated heterocycles. The van der Waals surface area contributed by atoms with E-state index in [1.165, 1.54) is 12.4 Å². The van der Waals surface area contributed by atoms with E-state index >= 15 is 0 Å². The molecule has 9 heteroatoms. The number of benzene rings is 1. The smallest absolute Gasteiger partial charge is 0.229 e. The topological polar surface area (TPSA) is 67.7 Å². The van der Waals surface area contributed by atoms with Crippen molar-refractivity contribution in [1.82, 2.24) is 19.4 Å². The maximum atomic E-state index is 14.5. The maximum absolute atomic E-state index is 14.5. The predicted molar refractivity (Wildman–Crippen MR) is 132 cm³/mol. The largest absolute Gasteiger partial charge is 0.489 e. The van der Waals surface area contributed by atoms with Crippen LogP contribution in [0.25, 0.3) is 11.0 Å². The summed E-state index contributed by atoms with van der Waals surface area (Å²) in [5, 5.41) is 3.70. The van der Waals surface area contributed by atoms with Crippen LogP contribution >= 0.6 is 0 Å². The van der Waals surface area contributed by atoms with Gasteiger partial charge in [-0.05, 0) is 45.9 Å². The molecule has 1 aromatic carbocycles. The van der Waals surface area contributed by atoms with E-state index in [4.69, 9.17) is 9.47 Å². The van der Waals surface area contributed by atoms with E-state index in [9.17, 15) is 4.39 Å². The Morgan fingerprint density at radius 1 is 1.24 bits per heavy atom. The van der Waals surface area contributed by atoms with Crippen molar-refractivity contribution in [2.24, 2.45) is 0 Å². The first-order chi connectivity index (χ1) is 16.5. The predicted octanol–water partition coefficient (Wildman–Crippen LogP) is 4.03. The van der Waals surface area contributed by atoms with Crippen LogP contribution in [-0.4, -0.2) is 71.5 Å². The third-order valence-corrected chi connectivity index (χ3v) is 6.41. The minimum Gasteiger partial charge on any atom is -0.489 e. The zero-order chi connectivity index (χ0) is 23.7. The third kappa shape index (κ3) is 4.95. The Hall–Kier alpha value is -2.91. The van der Waals surface area contributed by atoms with Gasteiger partial charge in [0.15, 0.2) is 5.82 Å². The van der Waals surface area contributed by atoms with Crippen molar-refractivity contribution >= 4 is 28.4 Å². The zero-order valence-electron chi connectivity index (χ0n) is 20.1. The van der Waals surface area contributed by atoms with Crippen LogP contribution in [-0.2, 0) is 11.3 Å². The van der Waals surface area contributed by atoms with E-state index in [0.29, 0.717) is 23.5 Å². The molecule has 34 heavy (non-hydrogen) atoms. The van der Waals surface area contributed by atoms with Gasteiger partial charge in [0, 0.05) is 56.9 Å². The number of rotatable bonds is 7. The van der Waals surface area contributed by atoms with Crippen molar-refractivity contribution in [3.63, 3.8) is 0 Å². The Morgan fingerprint density at radius 3 is 2.79 bits per heavy atom. The van der Waals surface area contributed by atoms with Crippen LogP contribution in [0.1, 0.15) is 26.7 Å². The molecule has 2 fully saturated rings. The SMILES string of the molecule is CC(C)Oc1cc(Nc2ncc3c(F)cn(CC4CCCO4)c3n2)ccc1N1CCN(C)CC1. The van der Waals surface area contributed by atoms with Gasteiger partial charge in [-0.3, -0.25) is 0 Å². The summed E-state index contributed by atoms with van der Waals surface area (Å²) in [5.74, 6) is 0.934. The summed E-state index contributed by atoms with van der Waals surface area (Å²) in [6.45, 7) is 9.38. The number of likely N-dealkylation sites (N-methyl/N-ethyl adjacent to an activating group) is 1. The first-order valence-electron chi connectivity index (χ1n) is 12.1. The van der Waals surface area contributed by atoms with Gasteiger partial charge < -0.3 is 29.2 Å². The molecule has 8 nitrogen and oxygen atoms in total. The van der Waals surface area contributed by atoms with Crippen molar-refractivity contribution in [1.29, 1.82) is 0 Å². The lowest BCUT2D eigenvalue weighted by molar-refractivity contribution is 0.0978. The van der Waals surface area contributed by atoms with E-state index < -0.39 is 0 Å². The number of hydrogen-bond donors (Lipinski definition) is 1. The van der Waals surface area contributed by atoms with Crippen molar-refractivity contribution in [2.75, 3.05) is 50.1 Å². The summed E-state index contributed by atoms with van der Waals surface area (Å²) in [4.78, 5) is 13.7. The third-order valence-electron chi connectivity index (χ3n) is 6.41. The van der Waals surface area contributed by atoms with Crippen molar-refractivity contribution in [2.45, 2.75) is 45.4 Å². The van der Waals surface area contributed by atoms with Gasteiger partial charge in [-0.2, -0.15) is 4.98 Å². The number of ether oxygens (including phenoxy) is 2. The molecule has 1 unspecified atom stereocenters. The highest BCUT2D eigenvalue weighted by Gasteiger charge is 2.21. The molecular weight excluding hydrogens is 435 g/mol. The second kappa shape index (κ2) is 9.76. The second-order valence-electron chi connectivity index (χ2n) is 9.46. The number of nitrogens with one attached hydrogen (secondary N) is 1. The summed E-state index contributed by atoms with van der Waals surface area (Å²) in [6, 6.07) is 6.09. The fraction of sp³-hybridized carbons (Fsp3) is 0.520. The van der Waals surface area contributed by atoms with Gasteiger partial charge in [0.25, 0.3) is 0 Å². The maximum Gasteiger partial charge on any atom is 0.229 e. The van der Waals surface area contributed by atoms with Crippen molar-refractivity contribution in [3.05, 3.63) is 36.4 Å². The summed E-state index contributed by atoms with van der Waals surface area (Å²) in [7, 11) is 2.15. The van der Waals surface area contributed by atoms with Crippen molar-refractivity contribution < 1.29 is 13.9 Å². The van der Waals surface area contributed by atoms with Gasteiger partial charge >= 0.3 is 0 Å². The molecule has 1 atom stereocenters. The molecule has 0 spiro atoms. The summed E-state index contributed by atoms with van der Waals surface area (Å²) in [6.07, 6.45) is 5.20. The van der Waals surface area contributed by atoms with Gasteiger partial charge in [0.05, 0.1) is 29.8 Å². The number of aromatic nitrogens is 3. The van der Waals surface area contributed by atoms with Gasteiger partial charge in [-0.1, -0.05) is 0 Å². The molecule has 5 rings (SSSR count). The molecule has 0 saturated carbocycles. The fourth-order valence-corrected chi connectivity index (χ4v) is 4.61. The quantitative estimate of drug-likeness (QED) is 0.562. The van der Waals surface area contributed by atoms with E-state index in [-0.39, 0.29) is 18.0 Å². The number of hydrogen-bond acceptors (Lipinski definition) is 7. The zero-order valence-corrected chi connectivity index (χ0v) is 20.1. The highest BCUT2D eigenvalue weighted by atomic mass is 19.1. The Labute approximate surface area is 199 Å². The number of nitrogens with zero attached hydrogens (tertiary/aromatic N) is 5. The van der Waals surface area contributed by atoms with Crippen LogP contribution in [0, 0.1) is 5.82 Å². The summed E-state index contributed by atoms with van der Waals surface area (Å²) in [5.41, 5.74) is 2.49. The first-order valence-corrected chi connectivity index (χ1v) is 12.1. The van der Waals surface area contributed by atoms with Crippen LogP contribution in [0.5, 0.6) is 5.75 Å². The van der Waals surface area contributed by atoms with E-state index in [2.05, 4.69) is 38.2 Å². The van der Waals surface area contributed by atoms with E-state index in [0.717, 1.165) is 62.8 Å². The van der Waals surface area contributed by atoms with Crippen LogP contribution in [0.3, 0.4) is 0 Å². The minimum atomic E-state index is -0.316. The summed E-state index contributed by atoms with van der Waals surface area (Å²) >= 11 is 0. The van der Waals surface area contributed by atoms with Crippen LogP contribution in [0.15, 0.2) is 30.6 Å². The monoisotopic (exact) mass is 468 g/mol. The number of halogens is 1. The van der Waals surface area contributed by atoms with E-state index in [1.807, 2.05) is 30.5 Å². The average Bonchev–Trinajstić information content (AvgIpc) is 3.42. The number of fused-ring (bicyclic) bond motifs is 1. The number of piperazine rings is 1. The van der Waals surface area contributed by atoms with Crippen LogP contribution in [0.2, 0.25) is 0 Å². The second-order valence-corrected chi connectivity index (χ2v) is 9.46. The Bertz CT molecular complexity index is 1140. The average molecular weight is 469 g/mol. The Balaban J connectivity index is 1.40. The molecule has 2 aromatic heterocycles. The lowest BCUT2D eigenvalue weighted by Crippen LogP contribution is -2.44.